The van der Waals surface area contributed by atoms with E-state index in [9.17, 15) is 4.79 Å². The summed E-state index contributed by atoms with van der Waals surface area (Å²) in [5.74, 6) is 2.88. The van der Waals surface area contributed by atoms with E-state index >= 15 is 0 Å². The summed E-state index contributed by atoms with van der Waals surface area (Å²) in [5, 5.41) is 0. The predicted molar refractivity (Wildman–Crippen MR) is 133 cm³/mol. The van der Waals surface area contributed by atoms with Gasteiger partial charge in [-0.2, -0.15) is 0 Å². The van der Waals surface area contributed by atoms with Gasteiger partial charge in [-0.05, 0) is 75.4 Å². The van der Waals surface area contributed by atoms with Crippen LogP contribution in [0.1, 0.15) is 58.3 Å². The SMILES string of the molecule is Cc1ccccc1[C@@H]1CN(Cc2cc(C)c(C)o2)C[C@H]1CN(C(=O)c1ccccc1)C(C)C. The van der Waals surface area contributed by atoms with E-state index in [1.165, 1.54) is 16.7 Å². The summed E-state index contributed by atoms with van der Waals surface area (Å²) in [6.07, 6.45) is 0. The molecule has 2 atom stereocenters. The molecule has 174 valence electrons. The van der Waals surface area contributed by atoms with Crippen molar-refractivity contribution >= 4 is 5.91 Å². The molecule has 1 aromatic heterocycles. The zero-order chi connectivity index (χ0) is 23.5. The van der Waals surface area contributed by atoms with Crippen LogP contribution >= 0.6 is 0 Å². The maximum absolute atomic E-state index is 13.4. The first kappa shape index (κ1) is 23.3. The fourth-order valence-electron chi connectivity index (χ4n) is 5.11. The highest BCUT2D eigenvalue weighted by Crippen LogP contribution is 2.36. The Bertz CT molecular complexity index is 1070. The molecular formula is C29H36N2O2. The molecule has 4 heteroatoms. The normalized spacial score (nSPS) is 18.7. The number of aryl methyl sites for hydroxylation is 3. The van der Waals surface area contributed by atoms with Crippen LogP contribution in [0.3, 0.4) is 0 Å². The van der Waals surface area contributed by atoms with Crippen molar-refractivity contribution in [1.82, 2.24) is 9.80 Å². The van der Waals surface area contributed by atoms with Gasteiger partial charge in [0.1, 0.15) is 11.5 Å². The Morgan fingerprint density at radius 2 is 1.70 bits per heavy atom. The Morgan fingerprint density at radius 1 is 1.00 bits per heavy atom. The molecule has 4 nitrogen and oxygen atoms in total. The molecule has 1 saturated heterocycles. The van der Waals surface area contributed by atoms with Gasteiger partial charge in [-0.1, -0.05) is 42.5 Å². The molecule has 4 rings (SSSR count). The minimum absolute atomic E-state index is 0.116. The summed E-state index contributed by atoms with van der Waals surface area (Å²) in [4.78, 5) is 17.9. The number of nitrogens with zero attached hydrogens (tertiary/aromatic N) is 2. The standard InChI is InChI=1S/C29H36N2O2/c1-20(2)31(29(32)24-12-7-6-8-13-24)17-25-16-30(18-26-15-22(4)23(5)33-26)19-28(25)27-14-10-9-11-21(27)3/h6-15,20,25,28H,16-19H2,1-5H3/t25-,28+/m0/s1. The van der Waals surface area contributed by atoms with Gasteiger partial charge in [0, 0.05) is 37.2 Å². The van der Waals surface area contributed by atoms with Crippen LogP contribution in [0, 0.1) is 26.7 Å². The monoisotopic (exact) mass is 444 g/mol. The van der Waals surface area contributed by atoms with Crippen LogP contribution in [0.15, 0.2) is 65.1 Å². The molecule has 33 heavy (non-hydrogen) atoms. The van der Waals surface area contributed by atoms with Crippen molar-refractivity contribution in [3.8, 4) is 0 Å². The van der Waals surface area contributed by atoms with E-state index < -0.39 is 0 Å². The number of rotatable bonds is 7. The second kappa shape index (κ2) is 9.96. The third-order valence-electron chi connectivity index (χ3n) is 7.04. The molecule has 3 aromatic rings. The Morgan fingerprint density at radius 3 is 2.33 bits per heavy atom. The first-order chi connectivity index (χ1) is 15.8. The van der Waals surface area contributed by atoms with Crippen LogP contribution in [0.25, 0.3) is 0 Å². The zero-order valence-electron chi connectivity index (χ0n) is 20.5. The average Bonchev–Trinajstić information content (AvgIpc) is 3.34. The number of likely N-dealkylation sites (tertiary alicyclic amines) is 1. The number of hydrogen-bond acceptors (Lipinski definition) is 3. The molecule has 0 spiro atoms. The molecule has 2 aromatic carbocycles. The average molecular weight is 445 g/mol. The van der Waals surface area contributed by atoms with Crippen molar-refractivity contribution in [2.45, 2.75) is 53.1 Å². The van der Waals surface area contributed by atoms with Crippen molar-refractivity contribution in [1.29, 1.82) is 0 Å². The number of amides is 1. The Balaban J connectivity index is 1.59. The van der Waals surface area contributed by atoms with Crippen LogP contribution < -0.4 is 0 Å². The van der Waals surface area contributed by atoms with Crippen molar-refractivity contribution in [3.05, 3.63) is 94.4 Å². The Hall–Kier alpha value is -2.85. The van der Waals surface area contributed by atoms with Gasteiger partial charge in [0.05, 0.1) is 6.54 Å². The molecule has 1 aliphatic rings. The maximum Gasteiger partial charge on any atom is 0.254 e. The van der Waals surface area contributed by atoms with Gasteiger partial charge < -0.3 is 9.32 Å². The lowest BCUT2D eigenvalue weighted by Crippen LogP contribution is -2.42. The number of furan rings is 1. The van der Waals surface area contributed by atoms with Gasteiger partial charge in [0.15, 0.2) is 0 Å². The molecule has 0 saturated carbocycles. The maximum atomic E-state index is 13.4. The van der Waals surface area contributed by atoms with E-state index in [0.29, 0.717) is 11.8 Å². The summed E-state index contributed by atoms with van der Waals surface area (Å²) < 4.78 is 5.99. The van der Waals surface area contributed by atoms with Gasteiger partial charge >= 0.3 is 0 Å². The fourth-order valence-corrected chi connectivity index (χ4v) is 5.11. The van der Waals surface area contributed by atoms with Gasteiger partial charge in [-0.3, -0.25) is 9.69 Å². The van der Waals surface area contributed by atoms with Crippen LogP contribution in [0.2, 0.25) is 0 Å². The first-order valence-electron chi connectivity index (χ1n) is 12.0. The van der Waals surface area contributed by atoms with Crippen LogP contribution in [-0.4, -0.2) is 41.4 Å². The lowest BCUT2D eigenvalue weighted by molar-refractivity contribution is 0.0668. The Labute approximate surface area is 198 Å². The molecule has 0 aliphatic carbocycles. The fraction of sp³-hybridized carbons (Fsp3) is 0.414. The third kappa shape index (κ3) is 5.22. The topological polar surface area (TPSA) is 36.7 Å². The highest BCUT2D eigenvalue weighted by atomic mass is 16.3. The second-order valence-electron chi connectivity index (χ2n) is 9.79. The lowest BCUT2D eigenvalue weighted by atomic mass is 9.86. The largest absolute Gasteiger partial charge is 0.465 e. The smallest absolute Gasteiger partial charge is 0.254 e. The van der Waals surface area contributed by atoms with Crippen molar-refractivity contribution in [2.75, 3.05) is 19.6 Å². The highest BCUT2D eigenvalue weighted by Gasteiger charge is 2.37. The summed E-state index contributed by atoms with van der Waals surface area (Å²) >= 11 is 0. The van der Waals surface area contributed by atoms with E-state index in [1.54, 1.807) is 0 Å². The van der Waals surface area contributed by atoms with Gasteiger partial charge in [0.25, 0.3) is 5.91 Å². The Kier molecular flexibility index (Phi) is 7.04. The molecule has 0 bridgehead atoms. The highest BCUT2D eigenvalue weighted by molar-refractivity contribution is 5.94. The van der Waals surface area contributed by atoms with E-state index in [0.717, 1.165) is 43.3 Å². The lowest BCUT2D eigenvalue weighted by Gasteiger charge is -2.32. The number of benzene rings is 2. The van der Waals surface area contributed by atoms with E-state index in [1.807, 2.05) is 37.3 Å². The van der Waals surface area contributed by atoms with Crippen LogP contribution in [-0.2, 0) is 6.54 Å². The molecular weight excluding hydrogens is 408 g/mol. The summed E-state index contributed by atoms with van der Waals surface area (Å²) in [6, 6.07) is 20.7. The summed E-state index contributed by atoms with van der Waals surface area (Å²) in [5.41, 5.74) is 4.68. The third-order valence-corrected chi connectivity index (χ3v) is 7.04. The molecule has 0 N–H and O–H groups in total. The minimum atomic E-state index is 0.116. The molecule has 1 fully saturated rings. The number of hydrogen-bond donors (Lipinski definition) is 0. The quantitative estimate of drug-likeness (QED) is 0.450. The minimum Gasteiger partial charge on any atom is -0.465 e. The summed E-state index contributed by atoms with van der Waals surface area (Å²) in [6.45, 7) is 14.0. The number of carbonyl (C=O) groups excluding carboxylic acids is 1. The van der Waals surface area contributed by atoms with Crippen LogP contribution in [0.4, 0.5) is 0 Å². The first-order valence-corrected chi connectivity index (χ1v) is 12.0. The molecule has 2 heterocycles. The zero-order valence-corrected chi connectivity index (χ0v) is 20.5. The van der Waals surface area contributed by atoms with Crippen molar-refractivity contribution in [2.24, 2.45) is 5.92 Å². The van der Waals surface area contributed by atoms with Gasteiger partial charge in [-0.25, -0.2) is 0 Å². The molecule has 0 unspecified atom stereocenters. The van der Waals surface area contributed by atoms with Crippen molar-refractivity contribution in [3.63, 3.8) is 0 Å². The predicted octanol–water partition coefficient (Wildman–Crippen LogP) is 5.97. The second-order valence-corrected chi connectivity index (χ2v) is 9.79. The van der Waals surface area contributed by atoms with E-state index in [4.69, 9.17) is 4.42 Å². The van der Waals surface area contributed by atoms with E-state index in [2.05, 4.69) is 67.8 Å². The van der Waals surface area contributed by atoms with E-state index in [-0.39, 0.29) is 11.9 Å². The van der Waals surface area contributed by atoms with Gasteiger partial charge in [0.2, 0.25) is 0 Å². The molecule has 1 amide bonds. The van der Waals surface area contributed by atoms with Gasteiger partial charge in [-0.15, -0.1) is 0 Å². The van der Waals surface area contributed by atoms with Crippen molar-refractivity contribution < 1.29 is 9.21 Å². The molecule has 1 aliphatic heterocycles. The molecule has 0 radical (unpaired) electrons. The summed E-state index contributed by atoms with van der Waals surface area (Å²) in [7, 11) is 0. The van der Waals surface area contributed by atoms with Crippen LogP contribution in [0.5, 0.6) is 0 Å². The number of carbonyl (C=O) groups is 1.